The van der Waals surface area contributed by atoms with E-state index in [2.05, 4.69) is 10.3 Å². The Balaban J connectivity index is 2.10. The molecule has 0 bridgehead atoms. The molecule has 0 spiro atoms. The number of nitrogens with zero attached hydrogens (tertiary/aromatic N) is 1. The smallest absolute Gasteiger partial charge is 0.417 e. The third kappa shape index (κ3) is 4.22. The lowest BCUT2D eigenvalue weighted by Crippen LogP contribution is -2.47. The van der Waals surface area contributed by atoms with Gasteiger partial charge in [-0.3, -0.25) is 14.6 Å². The lowest BCUT2D eigenvalue weighted by atomic mass is 9.77. The van der Waals surface area contributed by atoms with Gasteiger partial charge in [-0.15, -0.1) is 0 Å². The number of methoxy groups -OCH3 is 1. The van der Waals surface area contributed by atoms with Crippen LogP contribution < -0.4 is 15.8 Å². The maximum absolute atomic E-state index is 14.4. The molecule has 2 amide bonds. The summed E-state index contributed by atoms with van der Waals surface area (Å²) in [4.78, 5) is 28.1. The van der Waals surface area contributed by atoms with Crippen LogP contribution in [0.25, 0.3) is 0 Å². The van der Waals surface area contributed by atoms with E-state index in [4.69, 9.17) is 16.6 Å². The van der Waals surface area contributed by atoms with E-state index >= 15 is 0 Å². The summed E-state index contributed by atoms with van der Waals surface area (Å²) in [6.45, 7) is 1.91. The molecule has 1 aromatic heterocycles. The zero-order chi connectivity index (χ0) is 25.6. The number of anilines is 1. The third-order valence-corrected chi connectivity index (χ3v) is 5.79. The first kappa shape index (κ1) is 22.9. The number of primary amides is 1. The minimum absolute atomic E-state index is 0.208. The summed E-state index contributed by atoms with van der Waals surface area (Å²) >= 11 is 0. The molecule has 2 aromatic rings. The highest BCUT2D eigenvalue weighted by atomic mass is 19.4. The average molecular weight is 474 g/mol. The van der Waals surface area contributed by atoms with Crippen molar-refractivity contribution < 1.29 is 42.4 Å². The van der Waals surface area contributed by atoms with Crippen molar-refractivity contribution in [2.75, 3.05) is 12.4 Å². The third-order valence-electron chi connectivity index (χ3n) is 5.79. The van der Waals surface area contributed by atoms with Gasteiger partial charge in [0.05, 0.1) is 8.48 Å². The molecule has 0 saturated carbocycles. The molecule has 0 radical (unpaired) electrons. The summed E-state index contributed by atoms with van der Waals surface area (Å²) in [5.74, 6) is -8.34. The Morgan fingerprint density at radius 3 is 2.58 bits per heavy atom. The van der Waals surface area contributed by atoms with E-state index < -0.39 is 58.9 Å². The number of alkyl halides is 3. The summed E-state index contributed by atoms with van der Waals surface area (Å²) in [6, 6.07) is 2.36. The van der Waals surface area contributed by atoms with Crippen LogP contribution in [0.15, 0.2) is 30.4 Å². The highest BCUT2D eigenvalue weighted by Gasteiger charge is 2.65. The Bertz CT molecular complexity index is 1150. The van der Waals surface area contributed by atoms with Crippen molar-refractivity contribution in [2.45, 2.75) is 37.6 Å². The van der Waals surface area contributed by atoms with E-state index in [-0.39, 0.29) is 23.0 Å². The molecule has 33 heavy (non-hydrogen) atoms. The number of amides is 2. The average Bonchev–Trinajstić information content (AvgIpc) is 3.03. The van der Waals surface area contributed by atoms with Crippen LogP contribution in [0.1, 0.15) is 37.2 Å². The van der Waals surface area contributed by atoms with Crippen LogP contribution in [0.3, 0.4) is 0 Å². The largest absolute Gasteiger partial charge is 0.493 e. The first-order chi connectivity index (χ1) is 15.7. The zero-order valence-corrected chi connectivity index (χ0v) is 17.6. The van der Waals surface area contributed by atoms with Crippen LogP contribution in [0.5, 0.6) is 5.75 Å². The summed E-state index contributed by atoms with van der Waals surface area (Å²) < 4.78 is 88.0. The minimum Gasteiger partial charge on any atom is -0.493 e. The van der Waals surface area contributed by atoms with Crippen molar-refractivity contribution in [3.8, 4) is 5.75 Å². The Labute approximate surface area is 186 Å². The number of hydrogen-bond donors (Lipinski definition) is 2. The predicted octanol–water partition coefficient (Wildman–Crippen LogP) is 3.55. The standard InChI is InChI=1S/C21H20F5N3O4/c1-9-14(11-4-5-12(22)15(23)16(11)32-3)17(33-20(9,2)21(24,25)26)19(31)29-10-6-7-28-13(8-10)18(27)30/h4-9,14,17H,1-3H3,(H2,27,30)(H,28,29,31)/t9-,14+,17-,20+/m0/s1/i6D. The highest BCUT2D eigenvalue weighted by Crippen LogP contribution is 2.55. The van der Waals surface area contributed by atoms with E-state index in [1.165, 1.54) is 6.92 Å². The summed E-state index contributed by atoms with van der Waals surface area (Å²) in [5, 5.41) is 2.25. The van der Waals surface area contributed by atoms with Gasteiger partial charge < -0.3 is 20.5 Å². The molecule has 0 unspecified atom stereocenters. The molecule has 4 atom stereocenters. The second kappa shape index (κ2) is 8.58. The van der Waals surface area contributed by atoms with E-state index in [1.54, 1.807) is 0 Å². The van der Waals surface area contributed by atoms with Gasteiger partial charge in [0.15, 0.2) is 17.2 Å². The number of carbonyl (C=O) groups excluding carboxylic acids is 2. The van der Waals surface area contributed by atoms with E-state index in [1.807, 2.05) is 0 Å². The number of benzene rings is 1. The zero-order valence-electron chi connectivity index (χ0n) is 18.6. The second-order valence-corrected chi connectivity index (χ2v) is 7.64. The molecule has 3 rings (SSSR count). The maximum Gasteiger partial charge on any atom is 0.417 e. The van der Waals surface area contributed by atoms with Crippen LogP contribution in [-0.4, -0.2) is 41.8 Å². The minimum atomic E-state index is -4.93. The van der Waals surface area contributed by atoms with Crippen LogP contribution in [0.2, 0.25) is 0 Å². The Morgan fingerprint density at radius 2 is 2.00 bits per heavy atom. The van der Waals surface area contributed by atoms with Crippen LogP contribution in [-0.2, 0) is 9.53 Å². The van der Waals surface area contributed by atoms with Gasteiger partial charge in [-0.2, -0.15) is 17.6 Å². The van der Waals surface area contributed by atoms with Crippen LogP contribution >= 0.6 is 0 Å². The quantitative estimate of drug-likeness (QED) is 0.646. The van der Waals surface area contributed by atoms with Crippen molar-refractivity contribution in [1.29, 1.82) is 0 Å². The Morgan fingerprint density at radius 1 is 1.33 bits per heavy atom. The van der Waals surface area contributed by atoms with Gasteiger partial charge >= 0.3 is 6.18 Å². The molecule has 2 heterocycles. The fourth-order valence-corrected chi connectivity index (χ4v) is 3.84. The van der Waals surface area contributed by atoms with E-state index in [0.29, 0.717) is 6.07 Å². The monoisotopic (exact) mass is 474 g/mol. The Kier molecular flexibility index (Phi) is 5.95. The number of hydrogen-bond acceptors (Lipinski definition) is 5. The Hall–Kier alpha value is -3.28. The highest BCUT2D eigenvalue weighted by molar-refractivity contribution is 5.97. The number of nitrogens with one attached hydrogen (secondary N) is 1. The lowest BCUT2D eigenvalue weighted by molar-refractivity contribution is -0.272. The van der Waals surface area contributed by atoms with Gasteiger partial charge in [0.2, 0.25) is 5.82 Å². The fraction of sp³-hybridized carbons (Fsp3) is 0.381. The molecule has 1 aromatic carbocycles. The maximum atomic E-state index is 14.4. The van der Waals surface area contributed by atoms with Crippen molar-refractivity contribution in [3.05, 3.63) is 53.3 Å². The molecule has 1 aliphatic rings. The second-order valence-electron chi connectivity index (χ2n) is 7.64. The molecule has 3 N–H and O–H groups in total. The van der Waals surface area contributed by atoms with Gasteiger partial charge in [-0.25, -0.2) is 4.39 Å². The van der Waals surface area contributed by atoms with E-state index in [0.717, 1.165) is 32.4 Å². The SMILES string of the molecule is [2H]c1cnc(C(N)=O)cc1NC(=O)[C@H]1O[C@@](C)(C(F)(F)F)[C@@H](C)[C@@H]1c1ccc(F)c(F)c1OC. The number of pyridine rings is 1. The molecule has 12 heteroatoms. The van der Waals surface area contributed by atoms with E-state index in [9.17, 15) is 31.5 Å². The number of aromatic nitrogens is 1. The van der Waals surface area contributed by atoms with Gasteiger partial charge in [0, 0.05) is 29.3 Å². The normalized spacial score (nSPS) is 25.5. The van der Waals surface area contributed by atoms with Gasteiger partial charge in [-0.1, -0.05) is 13.0 Å². The van der Waals surface area contributed by atoms with Gasteiger partial charge in [-0.05, 0) is 25.1 Å². The number of nitrogens with two attached hydrogens (primary N) is 1. The van der Waals surface area contributed by atoms with Crippen molar-refractivity contribution in [1.82, 2.24) is 4.98 Å². The number of carbonyl (C=O) groups is 2. The van der Waals surface area contributed by atoms with Gasteiger partial charge in [0.25, 0.3) is 11.8 Å². The fourth-order valence-electron chi connectivity index (χ4n) is 3.84. The lowest BCUT2D eigenvalue weighted by Gasteiger charge is -2.32. The number of halogens is 5. The van der Waals surface area contributed by atoms with Crippen molar-refractivity contribution >= 4 is 17.5 Å². The molecular formula is C21H20F5N3O4. The topological polar surface area (TPSA) is 104 Å². The molecule has 178 valence electrons. The predicted molar refractivity (Wildman–Crippen MR) is 106 cm³/mol. The first-order valence-corrected chi connectivity index (χ1v) is 9.56. The summed E-state index contributed by atoms with van der Waals surface area (Å²) in [7, 11) is 1.01. The van der Waals surface area contributed by atoms with Crippen LogP contribution in [0, 0.1) is 17.6 Å². The molecule has 7 nitrogen and oxygen atoms in total. The molecule has 1 saturated heterocycles. The molecular weight excluding hydrogens is 453 g/mol. The number of ether oxygens (including phenoxy) is 2. The van der Waals surface area contributed by atoms with Crippen molar-refractivity contribution in [2.24, 2.45) is 11.7 Å². The summed E-state index contributed by atoms with van der Waals surface area (Å²) in [6.07, 6.45) is -5.87. The molecule has 0 aliphatic carbocycles. The van der Waals surface area contributed by atoms with Crippen LogP contribution in [0.4, 0.5) is 27.6 Å². The molecule has 1 fully saturated rings. The first-order valence-electron chi connectivity index (χ1n) is 10.1. The number of rotatable bonds is 5. The van der Waals surface area contributed by atoms with Crippen molar-refractivity contribution in [3.63, 3.8) is 0 Å². The summed E-state index contributed by atoms with van der Waals surface area (Å²) in [5.41, 5.74) is 1.53. The molecule has 1 aliphatic heterocycles. The van der Waals surface area contributed by atoms with Gasteiger partial charge in [0.1, 0.15) is 11.8 Å².